The van der Waals surface area contributed by atoms with E-state index in [1.807, 2.05) is 25.1 Å². The first-order valence-corrected chi connectivity index (χ1v) is 7.55. The number of nitrogens with zero attached hydrogens (tertiary/aromatic N) is 1. The van der Waals surface area contributed by atoms with Crippen LogP contribution >= 0.6 is 27.5 Å². The summed E-state index contributed by atoms with van der Waals surface area (Å²) in [5.41, 5.74) is 1.24. The van der Waals surface area contributed by atoms with Crippen molar-refractivity contribution in [1.29, 1.82) is 0 Å². The quantitative estimate of drug-likeness (QED) is 0.738. The average Bonchev–Trinajstić information content (AvgIpc) is 2.47. The van der Waals surface area contributed by atoms with Crippen LogP contribution in [-0.2, 0) is 0 Å². The van der Waals surface area contributed by atoms with E-state index in [-0.39, 0.29) is 11.9 Å². The van der Waals surface area contributed by atoms with Gasteiger partial charge in [0.15, 0.2) is 0 Å². The van der Waals surface area contributed by atoms with Crippen LogP contribution in [-0.4, -0.2) is 17.9 Å². The highest BCUT2D eigenvalue weighted by Crippen LogP contribution is 2.24. The van der Waals surface area contributed by atoms with E-state index in [1.165, 1.54) is 12.1 Å². The smallest absolute Gasteiger partial charge is 0.254 e. The van der Waals surface area contributed by atoms with Crippen molar-refractivity contribution in [3.8, 4) is 0 Å². The van der Waals surface area contributed by atoms with Crippen LogP contribution in [0.3, 0.4) is 0 Å². The Morgan fingerprint density at radius 2 is 2.00 bits per heavy atom. The van der Waals surface area contributed by atoms with E-state index in [0.717, 1.165) is 5.56 Å². The second-order valence-corrected chi connectivity index (χ2v) is 6.07. The Morgan fingerprint density at radius 3 is 2.62 bits per heavy atom. The van der Waals surface area contributed by atoms with Gasteiger partial charge in [-0.3, -0.25) is 4.79 Å². The molecule has 0 fully saturated rings. The van der Waals surface area contributed by atoms with E-state index in [4.69, 9.17) is 11.6 Å². The van der Waals surface area contributed by atoms with Gasteiger partial charge in [0.2, 0.25) is 0 Å². The highest BCUT2D eigenvalue weighted by Gasteiger charge is 2.19. The number of hydrogen-bond acceptors (Lipinski definition) is 1. The lowest BCUT2D eigenvalue weighted by atomic mass is 10.1. The number of carbonyl (C=O) groups excluding carboxylic acids is 1. The maximum Gasteiger partial charge on any atom is 0.254 e. The van der Waals surface area contributed by atoms with Crippen LogP contribution in [0.1, 0.15) is 28.9 Å². The topological polar surface area (TPSA) is 20.3 Å². The fourth-order valence-electron chi connectivity index (χ4n) is 2.00. The molecule has 0 saturated carbocycles. The van der Waals surface area contributed by atoms with E-state index in [2.05, 4.69) is 15.9 Å². The number of halogens is 3. The van der Waals surface area contributed by atoms with Crippen LogP contribution in [0.25, 0.3) is 0 Å². The van der Waals surface area contributed by atoms with Crippen LogP contribution in [0.2, 0.25) is 5.02 Å². The molecule has 0 saturated heterocycles. The monoisotopic (exact) mass is 369 g/mol. The average molecular weight is 371 g/mol. The molecule has 0 spiro atoms. The predicted octanol–water partition coefficient (Wildman–Crippen LogP) is 5.07. The minimum Gasteiger partial charge on any atom is -0.335 e. The summed E-state index contributed by atoms with van der Waals surface area (Å²) >= 11 is 9.04. The standard InChI is InChI=1S/C16H14BrClFNO/c1-10(11-4-3-5-13(18)8-11)20(2)16(21)12-6-7-14(17)15(19)9-12/h3-10H,1-2H3. The zero-order valence-electron chi connectivity index (χ0n) is 11.6. The number of carbonyl (C=O) groups is 1. The molecule has 2 aromatic rings. The number of rotatable bonds is 3. The van der Waals surface area contributed by atoms with Crippen LogP contribution in [0.4, 0.5) is 4.39 Å². The SMILES string of the molecule is CC(c1cccc(Cl)c1)N(C)C(=O)c1ccc(Br)c(F)c1. The van der Waals surface area contributed by atoms with Crippen LogP contribution < -0.4 is 0 Å². The summed E-state index contributed by atoms with van der Waals surface area (Å²) in [5, 5.41) is 0.620. The molecule has 2 rings (SSSR count). The number of benzene rings is 2. The van der Waals surface area contributed by atoms with E-state index >= 15 is 0 Å². The van der Waals surface area contributed by atoms with Crippen molar-refractivity contribution in [2.45, 2.75) is 13.0 Å². The van der Waals surface area contributed by atoms with Gasteiger partial charge in [-0.2, -0.15) is 0 Å². The summed E-state index contributed by atoms with van der Waals surface area (Å²) in [7, 11) is 1.69. The molecular weight excluding hydrogens is 357 g/mol. The first kappa shape index (κ1) is 16.0. The van der Waals surface area contributed by atoms with Gasteiger partial charge in [-0.25, -0.2) is 4.39 Å². The number of amides is 1. The molecule has 21 heavy (non-hydrogen) atoms. The third-order valence-corrected chi connectivity index (χ3v) is 4.28. The molecule has 1 unspecified atom stereocenters. The van der Waals surface area contributed by atoms with Crippen LogP contribution in [0, 0.1) is 5.82 Å². The second-order valence-electron chi connectivity index (χ2n) is 4.78. The highest BCUT2D eigenvalue weighted by atomic mass is 79.9. The largest absolute Gasteiger partial charge is 0.335 e. The molecule has 0 aliphatic rings. The first-order valence-electron chi connectivity index (χ1n) is 6.38. The van der Waals surface area contributed by atoms with Crippen molar-refractivity contribution in [2.75, 3.05) is 7.05 Å². The van der Waals surface area contributed by atoms with Gasteiger partial charge in [0.05, 0.1) is 10.5 Å². The molecule has 0 aliphatic carbocycles. The summed E-state index contributed by atoms with van der Waals surface area (Å²) in [6.45, 7) is 1.90. The first-order chi connectivity index (χ1) is 9.90. The molecule has 0 bridgehead atoms. The van der Waals surface area contributed by atoms with Crippen LogP contribution in [0.5, 0.6) is 0 Å². The van der Waals surface area contributed by atoms with Crippen molar-refractivity contribution in [2.24, 2.45) is 0 Å². The Morgan fingerprint density at radius 1 is 1.29 bits per heavy atom. The van der Waals surface area contributed by atoms with Gasteiger partial charge >= 0.3 is 0 Å². The molecule has 2 aromatic carbocycles. The Balaban J connectivity index is 2.24. The van der Waals surface area contributed by atoms with Crippen molar-refractivity contribution < 1.29 is 9.18 Å². The molecule has 0 heterocycles. The molecule has 2 nitrogen and oxygen atoms in total. The zero-order chi connectivity index (χ0) is 15.6. The fraction of sp³-hybridized carbons (Fsp3) is 0.188. The van der Waals surface area contributed by atoms with E-state index < -0.39 is 5.82 Å². The van der Waals surface area contributed by atoms with Gasteiger partial charge in [-0.05, 0) is 58.7 Å². The van der Waals surface area contributed by atoms with Gasteiger partial charge in [0.25, 0.3) is 5.91 Å². The number of hydrogen-bond donors (Lipinski definition) is 0. The molecule has 1 amide bonds. The zero-order valence-corrected chi connectivity index (χ0v) is 14.0. The Hall–Kier alpha value is -1.39. The molecular formula is C16H14BrClFNO. The second kappa shape index (κ2) is 6.58. The van der Waals surface area contributed by atoms with Gasteiger partial charge in [-0.1, -0.05) is 23.7 Å². The third kappa shape index (κ3) is 3.63. The molecule has 5 heteroatoms. The minimum atomic E-state index is -0.454. The fourth-order valence-corrected chi connectivity index (χ4v) is 2.44. The predicted molar refractivity (Wildman–Crippen MR) is 86.1 cm³/mol. The molecule has 0 aliphatic heterocycles. The lowest BCUT2D eigenvalue weighted by molar-refractivity contribution is 0.0742. The lowest BCUT2D eigenvalue weighted by Crippen LogP contribution is -2.29. The summed E-state index contributed by atoms with van der Waals surface area (Å²) in [6, 6.07) is 11.5. The molecule has 110 valence electrons. The summed E-state index contributed by atoms with van der Waals surface area (Å²) < 4.78 is 13.9. The molecule has 1 atom stereocenters. The Bertz CT molecular complexity index is 677. The van der Waals surface area contributed by atoms with Crippen LogP contribution in [0.15, 0.2) is 46.9 Å². The maximum atomic E-state index is 13.5. The molecule has 0 N–H and O–H groups in total. The van der Waals surface area contributed by atoms with E-state index in [9.17, 15) is 9.18 Å². The van der Waals surface area contributed by atoms with E-state index in [1.54, 1.807) is 24.1 Å². The van der Waals surface area contributed by atoms with Gasteiger partial charge < -0.3 is 4.90 Å². The Labute approximate surface area is 136 Å². The highest BCUT2D eigenvalue weighted by molar-refractivity contribution is 9.10. The van der Waals surface area contributed by atoms with Crippen molar-refractivity contribution >= 4 is 33.4 Å². The third-order valence-electron chi connectivity index (χ3n) is 3.40. The normalized spacial score (nSPS) is 12.0. The summed E-state index contributed by atoms with van der Waals surface area (Å²) in [6.07, 6.45) is 0. The van der Waals surface area contributed by atoms with Gasteiger partial charge in [0, 0.05) is 17.6 Å². The lowest BCUT2D eigenvalue weighted by Gasteiger charge is -2.25. The molecule has 0 aromatic heterocycles. The van der Waals surface area contributed by atoms with Crippen molar-refractivity contribution in [1.82, 2.24) is 4.90 Å². The maximum absolute atomic E-state index is 13.5. The van der Waals surface area contributed by atoms with Crippen molar-refractivity contribution in [3.05, 3.63) is 68.9 Å². The minimum absolute atomic E-state index is 0.164. The Kier molecular flexibility index (Phi) is 5.01. The van der Waals surface area contributed by atoms with E-state index in [0.29, 0.717) is 15.1 Å². The van der Waals surface area contributed by atoms with Gasteiger partial charge in [-0.15, -0.1) is 0 Å². The molecule has 0 radical (unpaired) electrons. The van der Waals surface area contributed by atoms with Crippen molar-refractivity contribution in [3.63, 3.8) is 0 Å². The summed E-state index contributed by atoms with van der Waals surface area (Å²) in [4.78, 5) is 14.0. The van der Waals surface area contributed by atoms with Gasteiger partial charge in [0.1, 0.15) is 5.82 Å². The summed E-state index contributed by atoms with van der Waals surface area (Å²) in [5.74, 6) is -0.696.